The lowest BCUT2D eigenvalue weighted by Crippen LogP contribution is -2.21. The molecular weight excluding hydrogens is 232 g/mol. The van der Waals surface area contributed by atoms with Crippen molar-refractivity contribution < 1.29 is 0 Å². The Bertz CT molecular complexity index is 580. The van der Waals surface area contributed by atoms with E-state index >= 15 is 0 Å². The van der Waals surface area contributed by atoms with Gasteiger partial charge in [-0.3, -0.25) is 0 Å². The van der Waals surface area contributed by atoms with Crippen LogP contribution in [0.3, 0.4) is 0 Å². The van der Waals surface area contributed by atoms with Gasteiger partial charge in [-0.05, 0) is 55.0 Å². The second-order valence-corrected chi connectivity index (χ2v) is 6.14. The third-order valence-corrected chi connectivity index (χ3v) is 4.46. The smallest absolute Gasteiger partial charge is 0.0513 e. The van der Waals surface area contributed by atoms with Gasteiger partial charge in [0.1, 0.15) is 0 Å². The van der Waals surface area contributed by atoms with Gasteiger partial charge in [0.2, 0.25) is 0 Å². The molecule has 0 aliphatic carbocycles. The number of nitrogens with zero attached hydrogens (tertiary/aromatic N) is 1. The third-order valence-electron chi connectivity index (χ3n) is 4.46. The molecule has 2 heterocycles. The summed E-state index contributed by atoms with van der Waals surface area (Å²) in [6, 6.07) is 7.15. The molecule has 2 heteroatoms. The van der Waals surface area contributed by atoms with Gasteiger partial charge in [-0.25, -0.2) is 0 Å². The molecule has 19 heavy (non-hydrogen) atoms. The fraction of sp³-hybridized carbons (Fsp3) is 0.529. The number of hydrogen-bond donors (Lipinski definition) is 1. The average Bonchev–Trinajstić information content (AvgIpc) is 2.81. The molecular formula is C17H24N2. The van der Waals surface area contributed by atoms with Crippen molar-refractivity contribution in [3.8, 4) is 0 Å². The first-order valence-electron chi connectivity index (χ1n) is 7.47. The lowest BCUT2D eigenvalue weighted by atomic mass is 9.86. The van der Waals surface area contributed by atoms with Gasteiger partial charge in [0.25, 0.3) is 0 Å². The molecule has 0 spiro atoms. The van der Waals surface area contributed by atoms with Crippen LogP contribution >= 0.6 is 0 Å². The number of likely N-dealkylation sites (N-methyl/N-ethyl adjacent to an activating group) is 1. The van der Waals surface area contributed by atoms with Crippen LogP contribution in [0.4, 0.5) is 0 Å². The van der Waals surface area contributed by atoms with Crippen LogP contribution in [0.5, 0.6) is 0 Å². The Balaban J connectivity index is 2.10. The van der Waals surface area contributed by atoms with E-state index in [2.05, 4.69) is 55.2 Å². The number of aryl methyl sites for hydroxylation is 2. The molecule has 1 aliphatic heterocycles. The summed E-state index contributed by atoms with van der Waals surface area (Å²) in [5.41, 5.74) is 4.53. The molecule has 2 nitrogen and oxygen atoms in total. The predicted molar refractivity (Wildman–Crippen MR) is 81.8 cm³/mol. The maximum Gasteiger partial charge on any atom is 0.0513 e. The van der Waals surface area contributed by atoms with Crippen LogP contribution in [0.25, 0.3) is 10.9 Å². The highest BCUT2D eigenvalue weighted by Crippen LogP contribution is 2.32. The minimum absolute atomic E-state index is 0.607. The third kappa shape index (κ3) is 2.18. The van der Waals surface area contributed by atoms with Crippen molar-refractivity contribution in [1.82, 2.24) is 9.88 Å². The molecule has 1 aromatic heterocycles. The zero-order valence-electron chi connectivity index (χ0n) is 12.2. The fourth-order valence-corrected chi connectivity index (χ4v) is 3.46. The molecule has 1 aliphatic rings. The number of rotatable bonds is 4. The molecule has 1 atom stereocenters. The number of benzene rings is 1. The second-order valence-electron chi connectivity index (χ2n) is 6.14. The molecule has 0 fully saturated rings. The summed E-state index contributed by atoms with van der Waals surface area (Å²) in [4.78, 5) is 0. The molecule has 0 saturated carbocycles. The van der Waals surface area contributed by atoms with Gasteiger partial charge >= 0.3 is 0 Å². The largest absolute Gasteiger partial charge is 0.347 e. The number of hydrogen-bond acceptors (Lipinski definition) is 1. The highest BCUT2D eigenvalue weighted by molar-refractivity contribution is 5.85. The Morgan fingerprint density at radius 2 is 2.16 bits per heavy atom. The minimum Gasteiger partial charge on any atom is -0.347 e. The van der Waals surface area contributed by atoms with Crippen LogP contribution in [-0.4, -0.2) is 18.2 Å². The normalized spacial score (nSPS) is 16.2. The monoisotopic (exact) mass is 256 g/mol. The molecule has 0 bridgehead atoms. The van der Waals surface area contributed by atoms with Gasteiger partial charge in [-0.15, -0.1) is 0 Å². The zero-order chi connectivity index (χ0) is 13.4. The lowest BCUT2D eigenvalue weighted by molar-refractivity contribution is 0.478. The Morgan fingerprint density at radius 3 is 2.89 bits per heavy atom. The van der Waals surface area contributed by atoms with Crippen LogP contribution in [0.1, 0.15) is 37.3 Å². The minimum atomic E-state index is 0.607. The second kappa shape index (κ2) is 5.01. The molecule has 1 unspecified atom stereocenters. The van der Waals surface area contributed by atoms with Gasteiger partial charge in [0, 0.05) is 24.7 Å². The number of nitrogens with one attached hydrogen (secondary N) is 1. The van der Waals surface area contributed by atoms with Crippen LogP contribution in [0, 0.1) is 5.92 Å². The predicted octanol–water partition coefficient (Wildman–Crippen LogP) is 3.55. The molecule has 3 rings (SSSR count). The first-order valence-corrected chi connectivity index (χ1v) is 7.47. The SMILES string of the molecule is CNCC(c1cc2c3c(ccn3CCC2)c1)C(C)C. The van der Waals surface area contributed by atoms with E-state index < -0.39 is 0 Å². The molecule has 0 radical (unpaired) electrons. The Kier molecular flexibility index (Phi) is 3.36. The van der Waals surface area contributed by atoms with E-state index in [1.54, 1.807) is 5.56 Å². The molecule has 102 valence electrons. The van der Waals surface area contributed by atoms with Gasteiger partial charge < -0.3 is 9.88 Å². The van der Waals surface area contributed by atoms with Crippen LogP contribution in [-0.2, 0) is 13.0 Å². The van der Waals surface area contributed by atoms with Crippen molar-refractivity contribution >= 4 is 10.9 Å². The van der Waals surface area contributed by atoms with E-state index in [1.165, 1.54) is 35.9 Å². The van der Waals surface area contributed by atoms with Gasteiger partial charge in [-0.2, -0.15) is 0 Å². The van der Waals surface area contributed by atoms with Crippen molar-refractivity contribution in [1.29, 1.82) is 0 Å². The highest BCUT2D eigenvalue weighted by Gasteiger charge is 2.19. The number of aromatic nitrogens is 1. The summed E-state index contributed by atoms with van der Waals surface area (Å²) in [7, 11) is 2.05. The van der Waals surface area contributed by atoms with E-state index in [-0.39, 0.29) is 0 Å². The summed E-state index contributed by atoms with van der Waals surface area (Å²) in [5.74, 6) is 1.28. The van der Waals surface area contributed by atoms with Crippen molar-refractivity contribution in [2.75, 3.05) is 13.6 Å². The van der Waals surface area contributed by atoms with Crippen molar-refractivity contribution in [2.45, 2.75) is 39.2 Å². The lowest BCUT2D eigenvalue weighted by Gasteiger charge is -2.24. The summed E-state index contributed by atoms with van der Waals surface area (Å²) < 4.78 is 2.42. The van der Waals surface area contributed by atoms with E-state index in [0.717, 1.165) is 6.54 Å². The molecule has 1 N–H and O–H groups in total. The summed E-state index contributed by atoms with van der Waals surface area (Å²) in [6.45, 7) is 6.88. The van der Waals surface area contributed by atoms with Crippen molar-refractivity contribution in [3.05, 3.63) is 35.5 Å². The van der Waals surface area contributed by atoms with E-state index in [4.69, 9.17) is 0 Å². The van der Waals surface area contributed by atoms with E-state index in [1.807, 2.05) is 0 Å². The molecule has 0 amide bonds. The van der Waals surface area contributed by atoms with Crippen LogP contribution in [0.15, 0.2) is 24.4 Å². The molecule has 0 saturated heterocycles. The maximum atomic E-state index is 3.35. The topological polar surface area (TPSA) is 17.0 Å². The first kappa shape index (κ1) is 12.7. The highest BCUT2D eigenvalue weighted by atomic mass is 15.0. The average molecular weight is 256 g/mol. The van der Waals surface area contributed by atoms with Gasteiger partial charge in [-0.1, -0.05) is 19.9 Å². The van der Waals surface area contributed by atoms with E-state index in [0.29, 0.717) is 11.8 Å². The maximum absolute atomic E-state index is 3.35. The van der Waals surface area contributed by atoms with Crippen molar-refractivity contribution in [3.63, 3.8) is 0 Å². The van der Waals surface area contributed by atoms with Crippen LogP contribution in [0.2, 0.25) is 0 Å². The quantitative estimate of drug-likeness (QED) is 0.885. The van der Waals surface area contributed by atoms with Gasteiger partial charge in [0.05, 0.1) is 5.52 Å². The van der Waals surface area contributed by atoms with E-state index in [9.17, 15) is 0 Å². The Hall–Kier alpha value is -1.28. The molecule has 1 aromatic carbocycles. The van der Waals surface area contributed by atoms with Gasteiger partial charge in [0.15, 0.2) is 0 Å². The standard InChI is InChI=1S/C17H24N2/c1-12(2)16(11-18-3)15-9-13-5-4-7-19-8-6-14(10-15)17(13)19/h6,8-10,12,16,18H,4-5,7,11H2,1-3H3. The van der Waals surface area contributed by atoms with Crippen molar-refractivity contribution in [2.24, 2.45) is 5.92 Å². The Morgan fingerprint density at radius 1 is 1.32 bits per heavy atom. The first-order chi connectivity index (χ1) is 9.20. The summed E-state index contributed by atoms with van der Waals surface area (Å²) in [6.07, 6.45) is 4.76. The zero-order valence-corrected chi connectivity index (χ0v) is 12.2. The Labute approximate surface area is 115 Å². The summed E-state index contributed by atoms with van der Waals surface area (Å²) >= 11 is 0. The summed E-state index contributed by atoms with van der Waals surface area (Å²) in [5, 5.41) is 4.77. The van der Waals surface area contributed by atoms with Crippen LogP contribution < -0.4 is 5.32 Å². The fourth-order valence-electron chi connectivity index (χ4n) is 3.46. The molecule has 2 aromatic rings.